The monoisotopic (exact) mass is 305 g/mol. The van der Waals surface area contributed by atoms with E-state index in [1.807, 2.05) is 36.4 Å². The lowest BCUT2D eigenvalue weighted by Gasteiger charge is -2.05. The van der Waals surface area contributed by atoms with Gasteiger partial charge in [-0.25, -0.2) is 4.98 Å². The van der Waals surface area contributed by atoms with Crippen LogP contribution in [0, 0.1) is 0 Å². The zero-order valence-corrected chi connectivity index (χ0v) is 12.4. The summed E-state index contributed by atoms with van der Waals surface area (Å²) in [5.41, 5.74) is 4.93. The highest BCUT2D eigenvalue weighted by Crippen LogP contribution is 2.31. The van der Waals surface area contributed by atoms with Gasteiger partial charge in [-0.2, -0.15) is 0 Å². The molecular formula is C18H12ClN3. The Hall–Kier alpha value is -2.65. The highest BCUT2D eigenvalue weighted by Gasteiger charge is 2.11. The van der Waals surface area contributed by atoms with E-state index in [9.17, 15) is 0 Å². The van der Waals surface area contributed by atoms with Gasteiger partial charge in [0, 0.05) is 27.7 Å². The van der Waals surface area contributed by atoms with Crippen LogP contribution < -0.4 is 0 Å². The molecule has 106 valence electrons. The first-order valence-corrected chi connectivity index (χ1v) is 7.33. The van der Waals surface area contributed by atoms with Gasteiger partial charge in [-0.15, -0.1) is 0 Å². The Balaban J connectivity index is 1.87. The molecule has 4 heteroatoms. The van der Waals surface area contributed by atoms with Crippen LogP contribution in [0.25, 0.3) is 33.4 Å². The van der Waals surface area contributed by atoms with Gasteiger partial charge in [0.2, 0.25) is 0 Å². The molecule has 2 aromatic heterocycles. The SMILES string of the molecule is Clc1cccc(-c2nc[nH]c2-c2ccc3ncccc3c2)c1. The Morgan fingerprint density at radius 1 is 0.864 bits per heavy atom. The Morgan fingerprint density at radius 3 is 2.73 bits per heavy atom. The van der Waals surface area contributed by atoms with Crippen LogP contribution in [0.3, 0.4) is 0 Å². The smallest absolute Gasteiger partial charge is 0.0961 e. The molecule has 0 amide bonds. The Bertz CT molecular complexity index is 959. The van der Waals surface area contributed by atoms with Gasteiger partial charge in [-0.05, 0) is 30.3 Å². The number of imidazole rings is 1. The summed E-state index contributed by atoms with van der Waals surface area (Å²) in [6.07, 6.45) is 3.51. The third-order valence-electron chi connectivity index (χ3n) is 3.63. The zero-order chi connectivity index (χ0) is 14.9. The molecule has 0 atom stereocenters. The second-order valence-corrected chi connectivity index (χ2v) is 5.48. The van der Waals surface area contributed by atoms with Gasteiger partial charge in [0.25, 0.3) is 0 Å². The number of halogens is 1. The van der Waals surface area contributed by atoms with E-state index in [1.165, 1.54) is 0 Å². The molecule has 22 heavy (non-hydrogen) atoms. The highest BCUT2D eigenvalue weighted by atomic mass is 35.5. The standard InChI is InChI=1S/C18H12ClN3/c19-15-5-1-3-13(10-15)17-18(22-11-21-17)14-6-7-16-12(9-14)4-2-8-20-16/h1-11H,(H,21,22). The number of fused-ring (bicyclic) bond motifs is 1. The molecule has 0 aliphatic rings. The molecule has 0 saturated carbocycles. The van der Waals surface area contributed by atoms with E-state index in [2.05, 4.69) is 33.2 Å². The second-order valence-electron chi connectivity index (χ2n) is 5.05. The predicted molar refractivity (Wildman–Crippen MR) is 89.8 cm³/mol. The maximum Gasteiger partial charge on any atom is 0.0961 e. The number of rotatable bonds is 2. The van der Waals surface area contributed by atoms with Crippen molar-refractivity contribution < 1.29 is 0 Å². The van der Waals surface area contributed by atoms with Gasteiger partial charge in [0.1, 0.15) is 0 Å². The summed E-state index contributed by atoms with van der Waals surface area (Å²) in [5.74, 6) is 0. The zero-order valence-electron chi connectivity index (χ0n) is 11.6. The van der Waals surface area contributed by atoms with E-state index >= 15 is 0 Å². The number of pyridine rings is 1. The molecule has 0 unspecified atom stereocenters. The lowest BCUT2D eigenvalue weighted by Crippen LogP contribution is -1.85. The minimum atomic E-state index is 0.703. The maximum absolute atomic E-state index is 6.09. The van der Waals surface area contributed by atoms with Crippen LogP contribution in [0.4, 0.5) is 0 Å². The number of hydrogen-bond acceptors (Lipinski definition) is 2. The molecule has 2 heterocycles. The minimum Gasteiger partial charge on any atom is -0.344 e. The van der Waals surface area contributed by atoms with Crippen molar-refractivity contribution in [2.75, 3.05) is 0 Å². The van der Waals surface area contributed by atoms with E-state index in [1.54, 1.807) is 12.5 Å². The summed E-state index contributed by atoms with van der Waals surface area (Å²) in [6, 6.07) is 17.9. The number of H-pyrrole nitrogens is 1. The largest absolute Gasteiger partial charge is 0.344 e. The van der Waals surface area contributed by atoms with E-state index in [4.69, 9.17) is 11.6 Å². The van der Waals surface area contributed by atoms with Crippen LogP contribution in [0.1, 0.15) is 0 Å². The van der Waals surface area contributed by atoms with Crippen molar-refractivity contribution in [2.45, 2.75) is 0 Å². The number of aromatic amines is 1. The average Bonchev–Trinajstić information content (AvgIpc) is 3.04. The second kappa shape index (κ2) is 5.28. The fourth-order valence-corrected chi connectivity index (χ4v) is 2.79. The van der Waals surface area contributed by atoms with Crippen LogP contribution in [0.2, 0.25) is 5.02 Å². The molecule has 0 bridgehead atoms. The van der Waals surface area contributed by atoms with E-state index < -0.39 is 0 Å². The first kappa shape index (κ1) is 13.0. The summed E-state index contributed by atoms with van der Waals surface area (Å²) < 4.78 is 0. The van der Waals surface area contributed by atoms with Crippen molar-refractivity contribution in [3.05, 3.63) is 72.1 Å². The fourth-order valence-electron chi connectivity index (χ4n) is 2.60. The average molecular weight is 306 g/mol. The van der Waals surface area contributed by atoms with Gasteiger partial charge < -0.3 is 4.98 Å². The lowest BCUT2D eigenvalue weighted by molar-refractivity contribution is 1.31. The van der Waals surface area contributed by atoms with Crippen LogP contribution >= 0.6 is 11.6 Å². The van der Waals surface area contributed by atoms with Crippen LogP contribution in [-0.4, -0.2) is 15.0 Å². The maximum atomic E-state index is 6.09. The van der Waals surface area contributed by atoms with Gasteiger partial charge in [-0.1, -0.05) is 35.9 Å². The molecule has 3 nitrogen and oxygen atoms in total. The molecule has 4 rings (SSSR count). The third kappa shape index (κ3) is 2.26. The molecule has 4 aromatic rings. The minimum absolute atomic E-state index is 0.703. The summed E-state index contributed by atoms with van der Waals surface area (Å²) in [7, 11) is 0. The van der Waals surface area contributed by atoms with Crippen LogP contribution in [0.15, 0.2) is 67.1 Å². The van der Waals surface area contributed by atoms with Gasteiger partial charge in [-0.3, -0.25) is 4.98 Å². The molecule has 1 N–H and O–H groups in total. The van der Waals surface area contributed by atoms with Gasteiger partial charge in [0.05, 0.1) is 23.2 Å². The molecule has 0 aliphatic heterocycles. The number of hydrogen-bond donors (Lipinski definition) is 1. The third-order valence-corrected chi connectivity index (χ3v) is 3.86. The summed E-state index contributed by atoms with van der Waals surface area (Å²) in [6.45, 7) is 0. The van der Waals surface area contributed by atoms with E-state index in [-0.39, 0.29) is 0 Å². The van der Waals surface area contributed by atoms with E-state index in [0.29, 0.717) is 5.02 Å². The van der Waals surface area contributed by atoms with Crippen molar-refractivity contribution in [3.63, 3.8) is 0 Å². The summed E-state index contributed by atoms with van der Waals surface area (Å²) in [4.78, 5) is 12.0. The molecule has 0 aliphatic carbocycles. The number of benzene rings is 2. The number of aromatic nitrogens is 3. The van der Waals surface area contributed by atoms with Crippen molar-refractivity contribution in [1.82, 2.24) is 15.0 Å². The summed E-state index contributed by atoms with van der Waals surface area (Å²) >= 11 is 6.09. The van der Waals surface area contributed by atoms with Crippen molar-refractivity contribution in [3.8, 4) is 22.5 Å². The first-order chi connectivity index (χ1) is 10.8. The van der Waals surface area contributed by atoms with Gasteiger partial charge >= 0.3 is 0 Å². The van der Waals surface area contributed by atoms with Crippen molar-refractivity contribution in [2.24, 2.45) is 0 Å². The molecule has 0 spiro atoms. The molecule has 0 radical (unpaired) electrons. The lowest BCUT2D eigenvalue weighted by atomic mass is 10.0. The molecular weight excluding hydrogens is 294 g/mol. The fraction of sp³-hybridized carbons (Fsp3) is 0. The topological polar surface area (TPSA) is 41.6 Å². The number of nitrogens with one attached hydrogen (secondary N) is 1. The van der Waals surface area contributed by atoms with Crippen molar-refractivity contribution >= 4 is 22.5 Å². The molecule has 2 aromatic carbocycles. The Morgan fingerprint density at radius 2 is 1.82 bits per heavy atom. The number of nitrogens with zero attached hydrogens (tertiary/aromatic N) is 2. The molecule has 0 saturated heterocycles. The predicted octanol–water partition coefficient (Wildman–Crippen LogP) is 4.95. The first-order valence-electron chi connectivity index (χ1n) is 6.96. The summed E-state index contributed by atoms with van der Waals surface area (Å²) in [5, 5.41) is 1.81. The molecule has 0 fully saturated rings. The van der Waals surface area contributed by atoms with Gasteiger partial charge in [0.15, 0.2) is 0 Å². The van der Waals surface area contributed by atoms with Crippen LogP contribution in [0.5, 0.6) is 0 Å². The van der Waals surface area contributed by atoms with E-state index in [0.717, 1.165) is 33.4 Å². The Labute approximate surface area is 132 Å². The van der Waals surface area contributed by atoms with Crippen molar-refractivity contribution in [1.29, 1.82) is 0 Å². The Kier molecular flexibility index (Phi) is 3.13. The quantitative estimate of drug-likeness (QED) is 0.569. The highest BCUT2D eigenvalue weighted by molar-refractivity contribution is 6.30. The normalized spacial score (nSPS) is 11.0. The van der Waals surface area contributed by atoms with Crippen LogP contribution in [-0.2, 0) is 0 Å².